The smallest absolute Gasteiger partial charge is 0.112 e. The molecular formula is C18H29N3. The number of nitrogens with zero attached hydrogens (tertiary/aromatic N) is 2. The van der Waals surface area contributed by atoms with Crippen LogP contribution in [0.15, 0.2) is 0 Å². The van der Waals surface area contributed by atoms with E-state index < -0.39 is 0 Å². The van der Waals surface area contributed by atoms with Gasteiger partial charge in [-0.15, -0.1) is 0 Å². The first-order chi connectivity index (χ1) is 10.3. The van der Waals surface area contributed by atoms with E-state index in [2.05, 4.69) is 16.8 Å². The van der Waals surface area contributed by atoms with Crippen molar-refractivity contribution in [1.29, 1.82) is 0 Å². The van der Waals surface area contributed by atoms with Gasteiger partial charge in [-0.25, -0.2) is 4.98 Å². The topological polar surface area (TPSA) is 29.9 Å². The normalized spacial score (nSPS) is 24.8. The van der Waals surface area contributed by atoms with E-state index in [0.717, 1.165) is 19.0 Å². The van der Waals surface area contributed by atoms with Crippen molar-refractivity contribution in [2.45, 2.75) is 83.7 Å². The molecule has 0 amide bonds. The summed E-state index contributed by atoms with van der Waals surface area (Å²) in [7, 11) is 0. The summed E-state index contributed by atoms with van der Waals surface area (Å²) in [6.07, 6.45) is 12.3. The number of fused-ring (bicyclic) bond motifs is 1. The fourth-order valence-corrected chi connectivity index (χ4v) is 4.70. The van der Waals surface area contributed by atoms with E-state index in [1.807, 2.05) is 0 Å². The first-order valence-corrected chi connectivity index (χ1v) is 9.10. The Morgan fingerprint density at radius 1 is 1.24 bits per heavy atom. The molecule has 0 unspecified atom stereocenters. The summed E-state index contributed by atoms with van der Waals surface area (Å²) in [5.74, 6) is 2.19. The molecule has 0 bridgehead atoms. The molecular weight excluding hydrogens is 258 g/mol. The van der Waals surface area contributed by atoms with Crippen LogP contribution in [0.1, 0.15) is 81.4 Å². The Balaban J connectivity index is 1.70. The van der Waals surface area contributed by atoms with Crippen LogP contribution in [0, 0.1) is 5.41 Å². The van der Waals surface area contributed by atoms with Gasteiger partial charge in [0.05, 0.1) is 5.69 Å². The summed E-state index contributed by atoms with van der Waals surface area (Å²) in [4.78, 5) is 5.11. The van der Waals surface area contributed by atoms with E-state index in [-0.39, 0.29) is 0 Å². The van der Waals surface area contributed by atoms with Crippen molar-refractivity contribution in [3.05, 3.63) is 17.2 Å². The van der Waals surface area contributed by atoms with Gasteiger partial charge in [0.2, 0.25) is 0 Å². The van der Waals surface area contributed by atoms with Gasteiger partial charge in [-0.05, 0) is 37.5 Å². The molecule has 4 rings (SSSR count). The maximum absolute atomic E-state index is 5.11. The number of rotatable bonds is 4. The third-order valence-corrected chi connectivity index (χ3v) is 6.39. The van der Waals surface area contributed by atoms with Crippen molar-refractivity contribution in [2.24, 2.45) is 5.41 Å². The molecule has 0 saturated heterocycles. The summed E-state index contributed by atoms with van der Waals surface area (Å²) in [5.41, 5.74) is 3.51. The fourth-order valence-electron chi connectivity index (χ4n) is 4.70. The Kier molecular flexibility index (Phi) is 3.56. The molecule has 2 aliphatic carbocycles. The molecule has 3 heteroatoms. The number of hydrogen-bond donors (Lipinski definition) is 1. The highest BCUT2D eigenvalue weighted by Crippen LogP contribution is 2.46. The van der Waals surface area contributed by atoms with E-state index in [9.17, 15) is 0 Å². The monoisotopic (exact) mass is 287 g/mol. The van der Waals surface area contributed by atoms with Gasteiger partial charge in [-0.1, -0.05) is 26.2 Å². The molecule has 2 fully saturated rings. The highest BCUT2D eigenvalue weighted by atomic mass is 15.1. The largest absolute Gasteiger partial charge is 0.331 e. The predicted octanol–water partition coefficient (Wildman–Crippen LogP) is 3.77. The quantitative estimate of drug-likeness (QED) is 0.913. The lowest BCUT2D eigenvalue weighted by molar-refractivity contribution is 0.0971. The van der Waals surface area contributed by atoms with Gasteiger partial charge in [0.15, 0.2) is 0 Å². The highest BCUT2D eigenvalue weighted by Gasteiger charge is 2.38. The van der Waals surface area contributed by atoms with Crippen molar-refractivity contribution in [2.75, 3.05) is 6.54 Å². The van der Waals surface area contributed by atoms with E-state index >= 15 is 0 Å². The molecule has 116 valence electrons. The summed E-state index contributed by atoms with van der Waals surface area (Å²) in [5, 5.41) is 3.50. The molecule has 1 aromatic heterocycles. The minimum atomic E-state index is 0.590. The van der Waals surface area contributed by atoms with Gasteiger partial charge in [0.1, 0.15) is 5.82 Å². The molecule has 3 aliphatic rings. The highest BCUT2D eigenvalue weighted by molar-refractivity contribution is 5.23. The van der Waals surface area contributed by atoms with Crippen LogP contribution < -0.4 is 5.32 Å². The fraction of sp³-hybridized carbons (Fsp3) is 0.833. The van der Waals surface area contributed by atoms with Crippen LogP contribution in [0.5, 0.6) is 0 Å². The van der Waals surface area contributed by atoms with E-state index in [1.54, 1.807) is 5.69 Å². The summed E-state index contributed by atoms with van der Waals surface area (Å²) >= 11 is 0. The van der Waals surface area contributed by atoms with Gasteiger partial charge in [0.25, 0.3) is 0 Å². The molecule has 1 N–H and O–H groups in total. The zero-order valence-electron chi connectivity index (χ0n) is 13.5. The summed E-state index contributed by atoms with van der Waals surface area (Å²) in [6, 6.07) is 0. The second-order valence-corrected chi connectivity index (χ2v) is 7.56. The van der Waals surface area contributed by atoms with Crippen molar-refractivity contribution < 1.29 is 0 Å². The molecule has 2 heterocycles. The molecule has 2 saturated carbocycles. The van der Waals surface area contributed by atoms with Crippen LogP contribution in [0.4, 0.5) is 0 Å². The lowest BCUT2D eigenvalue weighted by Gasteiger charge is -2.42. The average molecular weight is 287 g/mol. The molecule has 21 heavy (non-hydrogen) atoms. The SMILES string of the molecule is CCC1(Cn2c(C3CCCC3)nc3c2CCNC3)CCC1. The molecule has 1 aliphatic heterocycles. The molecule has 1 aromatic rings. The van der Waals surface area contributed by atoms with Crippen molar-refractivity contribution in [3.63, 3.8) is 0 Å². The zero-order valence-corrected chi connectivity index (χ0v) is 13.5. The lowest BCUT2D eigenvalue weighted by Crippen LogP contribution is -2.35. The molecule has 0 spiro atoms. The first kappa shape index (κ1) is 13.8. The van der Waals surface area contributed by atoms with Crippen LogP contribution in [0.3, 0.4) is 0 Å². The molecule has 0 atom stereocenters. The van der Waals surface area contributed by atoms with Crippen LogP contribution in [-0.4, -0.2) is 16.1 Å². The van der Waals surface area contributed by atoms with E-state index in [1.165, 1.54) is 75.9 Å². The minimum absolute atomic E-state index is 0.590. The number of imidazole rings is 1. The Labute approximate surface area is 128 Å². The average Bonchev–Trinajstić information content (AvgIpc) is 3.10. The van der Waals surface area contributed by atoms with Crippen molar-refractivity contribution >= 4 is 0 Å². The number of hydrogen-bond acceptors (Lipinski definition) is 2. The molecule has 0 radical (unpaired) electrons. The van der Waals surface area contributed by atoms with Crippen LogP contribution in [-0.2, 0) is 19.5 Å². The Morgan fingerprint density at radius 3 is 2.71 bits per heavy atom. The summed E-state index contributed by atoms with van der Waals surface area (Å²) in [6.45, 7) is 5.75. The Morgan fingerprint density at radius 2 is 2.05 bits per heavy atom. The Bertz CT molecular complexity index is 501. The van der Waals surface area contributed by atoms with Gasteiger partial charge in [-0.2, -0.15) is 0 Å². The van der Waals surface area contributed by atoms with Crippen LogP contribution in [0.2, 0.25) is 0 Å². The minimum Gasteiger partial charge on any atom is -0.331 e. The van der Waals surface area contributed by atoms with Gasteiger partial charge >= 0.3 is 0 Å². The third kappa shape index (κ3) is 2.34. The van der Waals surface area contributed by atoms with Crippen LogP contribution >= 0.6 is 0 Å². The first-order valence-electron chi connectivity index (χ1n) is 9.10. The summed E-state index contributed by atoms with van der Waals surface area (Å²) < 4.78 is 2.69. The van der Waals surface area contributed by atoms with Crippen molar-refractivity contribution in [3.8, 4) is 0 Å². The van der Waals surface area contributed by atoms with Gasteiger partial charge < -0.3 is 9.88 Å². The van der Waals surface area contributed by atoms with Gasteiger partial charge in [0, 0.05) is 37.7 Å². The molecule has 3 nitrogen and oxygen atoms in total. The predicted molar refractivity (Wildman–Crippen MR) is 85.4 cm³/mol. The number of nitrogens with one attached hydrogen (secondary N) is 1. The van der Waals surface area contributed by atoms with E-state index in [4.69, 9.17) is 4.98 Å². The maximum atomic E-state index is 5.11. The standard InChI is InChI=1S/C18H29N3/c1-2-18(9-5-10-18)13-21-16-8-11-19-12-15(16)20-17(21)14-6-3-4-7-14/h14,19H,2-13H2,1H3. The van der Waals surface area contributed by atoms with Crippen LogP contribution in [0.25, 0.3) is 0 Å². The van der Waals surface area contributed by atoms with E-state index in [0.29, 0.717) is 5.41 Å². The molecule has 0 aromatic carbocycles. The van der Waals surface area contributed by atoms with Gasteiger partial charge in [-0.3, -0.25) is 0 Å². The maximum Gasteiger partial charge on any atom is 0.112 e. The third-order valence-electron chi connectivity index (χ3n) is 6.39. The number of aromatic nitrogens is 2. The zero-order chi connectivity index (χ0) is 14.3. The Hall–Kier alpha value is -0.830. The second kappa shape index (κ2) is 5.42. The second-order valence-electron chi connectivity index (χ2n) is 7.56. The van der Waals surface area contributed by atoms with Crippen molar-refractivity contribution in [1.82, 2.24) is 14.9 Å². The lowest BCUT2D eigenvalue weighted by atomic mass is 9.67.